The van der Waals surface area contributed by atoms with Crippen LogP contribution in [0.15, 0.2) is 35.7 Å². The number of rotatable bonds is 0. The van der Waals surface area contributed by atoms with Crippen LogP contribution < -0.4 is 0 Å². The Morgan fingerprint density at radius 1 is 1.23 bits per heavy atom. The zero-order valence-electron chi connectivity index (χ0n) is 8.04. The molecule has 0 radical (unpaired) electrons. The van der Waals surface area contributed by atoms with Crippen molar-refractivity contribution in [3.05, 3.63) is 46.8 Å². The second-order valence-electron chi connectivity index (χ2n) is 3.49. The molecule has 1 aromatic heterocycles. The van der Waals surface area contributed by atoms with E-state index in [1.807, 2.05) is 12.4 Å². The smallest absolute Gasteiger partial charge is 0.0343 e. The molecular formula is C12H13N. The Balaban J connectivity index is 2.54. The first-order valence-electron chi connectivity index (χ1n) is 4.55. The lowest BCUT2D eigenvalue weighted by Gasteiger charge is -1.99. The van der Waals surface area contributed by atoms with Crippen molar-refractivity contribution in [2.24, 2.45) is 0 Å². The molecule has 1 heterocycles. The molecule has 0 atom stereocenters. The summed E-state index contributed by atoms with van der Waals surface area (Å²) in [4.78, 5) is 4.13. The van der Waals surface area contributed by atoms with Crippen molar-refractivity contribution in [1.29, 1.82) is 0 Å². The molecule has 0 bridgehead atoms. The van der Waals surface area contributed by atoms with Gasteiger partial charge >= 0.3 is 0 Å². The van der Waals surface area contributed by atoms with Crippen LogP contribution in [0.4, 0.5) is 0 Å². The van der Waals surface area contributed by atoms with Gasteiger partial charge in [0, 0.05) is 12.4 Å². The van der Waals surface area contributed by atoms with Crippen molar-refractivity contribution in [1.82, 2.24) is 4.98 Å². The Morgan fingerprint density at radius 2 is 2.08 bits per heavy atom. The van der Waals surface area contributed by atoms with Gasteiger partial charge in [0.15, 0.2) is 0 Å². The second-order valence-corrected chi connectivity index (χ2v) is 3.49. The number of hydrogen-bond donors (Lipinski definition) is 0. The third kappa shape index (κ3) is 1.55. The van der Waals surface area contributed by atoms with E-state index in [0.717, 1.165) is 6.42 Å². The molecule has 0 saturated heterocycles. The maximum absolute atomic E-state index is 4.13. The molecule has 0 fully saturated rings. The average molecular weight is 171 g/mol. The number of fused-ring (bicyclic) bond motifs is 1. The molecule has 0 unspecified atom stereocenters. The van der Waals surface area contributed by atoms with E-state index in [4.69, 9.17) is 0 Å². The molecule has 1 heteroatoms. The van der Waals surface area contributed by atoms with Crippen LogP contribution in [0, 0.1) is 0 Å². The van der Waals surface area contributed by atoms with Gasteiger partial charge in [-0.2, -0.15) is 0 Å². The summed E-state index contributed by atoms with van der Waals surface area (Å²) in [6, 6.07) is 2.09. The van der Waals surface area contributed by atoms with E-state index in [-0.39, 0.29) is 0 Å². The van der Waals surface area contributed by atoms with Gasteiger partial charge in [0.2, 0.25) is 0 Å². The normalized spacial score (nSPS) is 15.5. The molecule has 0 N–H and O–H groups in total. The van der Waals surface area contributed by atoms with Crippen molar-refractivity contribution in [3.8, 4) is 0 Å². The van der Waals surface area contributed by atoms with E-state index < -0.39 is 0 Å². The van der Waals surface area contributed by atoms with Crippen LogP contribution in [0.3, 0.4) is 0 Å². The number of nitrogens with zero attached hydrogens (tertiary/aromatic N) is 1. The van der Waals surface area contributed by atoms with Gasteiger partial charge in [-0.3, -0.25) is 4.98 Å². The topological polar surface area (TPSA) is 12.9 Å². The van der Waals surface area contributed by atoms with Gasteiger partial charge in [-0.15, -0.1) is 0 Å². The molecule has 13 heavy (non-hydrogen) atoms. The summed E-state index contributed by atoms with van der Waals surface area (Å²) < 4.78 is 0. The fourth-order valence-corrected chi connectivity index (χ4v) is 1.52. The minimum absolute atomic E-state index is 1.03. The highest BCUT2D eigenvalue weighted by atomic mass is 14.6. The molecule has 1 nitrogen and oxygen atoms in total. The van der Waals surface area contributed by atoms with E-state index in [9.17, 15) is 0 Å². The summed E-state index contributed by atoms with van der Waals surface area (Å²) in [5.74, 6) is 0. The average Bonchev–Trinajstić information content (AvgIpc) is 2.28. The SMILES string of the molecule is CC1=CCc2ccncc2C=C1C. The Bertz CT molecular complexity index is 386. The Labute approximate surface area is 78.8 Å². The first-order valence-corrected chi connectivity index (χ1v) is 4.55. The molecular weight excluding hydrogens is 158 g/mol. The molecule has 1 aromatic rings. The first kappa shape index (κ1) is 8.24. The van der Waals surface area contributed by atoms with E-state index >= 15 is 0 Å². The molecule has 2 rings (SSSR count). The standard InChI is InChI=1S/C12H13N/c1-9-3-4-11-5-6-13-8-12(11)7-10(9)2/h3,5-8H,4H2,1-2H3. The van der Waals surface area contributed by atoms with Gasteiger partial charge < -0.3 is 0 Å². The fraction of sp³-hybridized carbons (Fsp3) is 0.250. The summed E-state index contributed by atoms with van der Waals surface area (Å²) in [7, 11) is 0. The highest BCUT2D eigenvalue weighted by molar-refractivity contribution is 5.61. The summed E-state index contributed by atoms with van der Waals surface area (Å²) in [5, 5.41) is 0. The summed E-state index contributed by atoms with van der Waals surface area (Å²) in [5.41, 5.74) is 5.34. The van der Waals surface area contributed by atoms with Crippen molar-refractivity contribution < 1.29 is 0 Å². The van der Waals surface area contributed by atoms with E-state index in [0.29, 0.717) is 0 Å². The van der Waals surface area contributed by atoms with Crippen LogP contribution in [-0.2, 0) is 6.42 Å². The minimum atomic E-state index is 1.03. The fourth-order valence-electron chi connectivity index (χ4n) is 1.52. The van der Waals surface area contributed by atoms with Crippen LogP contribution in [0.5, 0.6) is 0 Å². The maximum Gasteiger partial charge on any atom is 0.0343 e. The number of aromatic nitrogens is 1. The molecule has 0 aromatic carbocycles. The monoisotopic (exact) mass is 171 g/mol. The zero-order chi connectivity index (χ0) is 9.26. The van der Waals surface area contributed by atoms with Crippen LogP contribution >= 0.6 is 0 Å². The predicted molar refractivity (Wildman–Crippen MR) is 55.3 cm³/mol. The van der Waals surface area contributed by atoms with Crippen molar-refractivity contribution >= 4 is 6.08 Å². The van der Waals surface area contributed by atoms with Gasteiger partial charge in [0.05, 0.1) is 0 Å². The minimum Gasteiger partial charge on any atom is -0.264 e. The first-order chi connectivity index (χ1) is 6.27. The van der Waals surface area contributed by atoms with Gasteiger partial charge in [-0.05, 0) is 49.1 Å². The Morgan fingerprint density at radius 3 is 2.92 bits per heavy atom. The molecule has 0 amide bonds. The lowest BCUT2D eigenvalue weighted by molar-refractivity contribution is 1.19. The predicted octanol–water partition coefficient (Wildman–Crippen LogP) is 2.99. The summed E-state index contributed by atoms with van der Waals surface area (Å²) in [6.07, 6.45) is 9.30. The van der Waals surface area contributed by atoms with Gasteiger partial charge in [-0.25, -0.2) is 0 Å². The number of pyridine rings is 1. The van der Waals surface area contributed by atoms with E-state index in [2.05, 4.69) is 37.0 Å². The van der Waals surface area contributed by atoms with Crippen LogP contribution in [0.2, 0.25) is 0 Å². The molecule has 1 aliphatic rings. The van der Waals surface area contributed by atoms with Gasteiger partial charge in [-0.1, -0.05) is 11.6 Å². The number of allylic oxidation sites excluding steroid dienone is 3. The third-order valence-corrected chi connectivity index (χ3v) is 2.57. The Hall–Kier alpha value is -1.37. The quantitative estimate of drug-likeness (QED) is 0.584. The highest BCUT2D eigenvalue weighted by Crippen LogP contribution is 2.21. The molecule has 0 spiro atoms. The molecule has 1 aliphatic carbocycles. The zero-order valence-corrected chi connectivity index (χ0v) is 8.04. The molecule has 66 valence electrons. The Kier molecular flexibility index (Phi) is 2.01. The third-order valence-electron chi connectivity index (χ3n) is 2.57. The van der Waals surface area contributed by atoms with E-state index in [1.54, 1.807) is 0 Å². The summed E-state index contributed by atoms with van der Waals surface area (Å²) >= 11 is 0. The van der Waals surface area contributed by atoms with Crippen molar-refractivity contribution in [3.63, 3.8) is 0 Å². The van der Waals surface area contributed by atoms with Crippen LogP contribution in [0.25, 0.3) is 6.08 Å². The second kappa shape index (κ2) is 3.17. The highest BCUT2D eigenvalue weighted by Gasteiger charge is 2.04. The van der Waals surface area contributed by atoms with E-state index in [1.165, 1.54) is 22.3 Å². The van der Waals surface area contributed by atoms with Gasteiger partial charge in [0.1, 0.15) is 0 Å². The lowest BCUT2D eigenvalue weighted by Crippen LogP contribution is -1.86. The van der Waals surface area contributed by atoms with Crippen molar-refractivity contribution in [2.45, 2.75) is 20.3 Å². The lowest BCUT2D eigenvalue weighted by atomic mass is 10.1. The molecule has 0 saturated carbocycles. The molecule has 0 aliphatic heterocycles. The summed E-state index contributed by atoms with van der Waals surface area (Å²) in [6.45, 7) is 4.30. The van der Waals surface area contributed by atoms with Crippen LogP contribution in [-0.4, -0.2) is 4.98 Å². The maximum atomic E-state index is 4.13. The largest absolute Gasteiger partial charge is 0.264 e. The number of hydrogen-bond acceptors (Lipinski definition) is 1. The van der Waals surface area contributed by atoms with Crippen LogP contribution in [0.1, 0.15) is 25.0 Å². The van der Waals surface area contributed by atoms with Gasteiger partial charge in [0.25, 0.3) is 0 Å². The van der Waals surface area contributed by atoms with Crippen molar-refractivity contribution in [2.75, 3.05) is 0 Å².